The summed E-state index contributed by atoms with van der Waals surface area (Å²) in [6, 6.07) is 17.9. The van der Waals surface area contributed by atoms with Crippen molar-refractivity contribution in [1.82, 2.24) is 29.7 Å². The lowest BCUT2D eigenvalue weighted by molar-refractivity contribution is 0.292. The van der Waals surface area contributed by atoms with E-state index >= 15 is 0 Å². The van der Waals surface area contributed by atoms with Crippen molar-refractivity contribution in [3.63, 3.8) is 0 Å². The van der Waals surface area contributed by atoms with Crippen LogP contribution in [0.25, 0.3) is 16.0 Å². The van der Waals surface area contributed by atoms with Crippen molar-refractivity contribution >= 4 is 27.5 Å². The molecule has 2 aromatic carbocycles. The Hall–Kier alpha value is -3.85. The summed E-state index contributed by atoms with van der Waals surface area (Å²) < 4.78 is 8.74. The van der Waals surface area contributed by atoms with Gasteiger partial charge in [-0.3, -0.25) is 0 Å². The van der Waals surface area contributed by atoms with Gasteiger partial charge >= 0.3 is 0 Å². The molecule has 0 aliphatic heterocycles. The van der Waals surface area contributed by atoms with Gasteiger partial charge < -0.3 is 10.5 Å². The molecule has 0 spiro atoms. The second-order valence-electron chi connectivity index (χ2n) is 7.38. The number of fused-ring (bicyclic) bond motifs is 1. The van der Waals surface area contributed by atoms with Crippen LogP contribution in [0.5, 0.6) is 5.88 Å². The van der Waals surface area contributed by atoms with E-state index in [1.54, 1.807) is 22.1 Å². The SMILES string of the molecule is Cc1nc(OCc2nc3ccccc3s2)cc(-n2nc(N)nc2Cc2ccccc2C)n1. The van der Waals surface area contributed by atoms with Gasteiger partial charge in [0, 0.05) is 12.5 Å². The van der Waals surface area contributed by atoms with Crippen molar-refractivity contribution in [2.45, 2.75) is 26.9 Å². The number of benzene rings is 2. The predicted octanol–water partition coefficient (Wildman–Crippen LogP) is 4.04. The van der Waals surface area contributed by atoms with Crippen molar-refractivity contribution in [2.24, 2.45) is 0 Å². The molecule has 0 aliphatic carbocycles. The van der Waals surface area contributed by atoms with Crippen LogP contribution in [0.1, 0.15) is 27.8 Å². The first-order valence-corrected chi connectivity index (χ1v) is 11.0. The number of nitrogens with zero attached hydrogens (tertiary/aromatic N) is 6. The first kappa shape index (κ1) is 20.1. The molecule has 2 N–H and O–H groups in total. The molecule has 0 unspecified atom stereocenters. The van der Waals surface area contributed by atoms with Crippen LogP contribution in [0.15, 0.2) is 54.6 Å². The number of nitrogen functional groups attached to an aromatic ring is 1. The number of nitrogens with two attached hydrogens (primary N) is 1. The number of hydrogen-bond donors (Lipinski definition) is 1. The molecule has 3 aromatic heterocycles. The van der Waals surface area contributed by atoms with E-state index in [0.717, 1.165) is 20.8 Å². The maximum Gasteiger partial charge on any atom is 0.240 e. The molecule has 5 aromatic rings. The van der Waals surface area contributed by atoms with Gasteiger partial charge in [0.15, 0.2) is 5.82 Å². The summed E-state index contributed by atoms with van der Waals surface area (Å²) in [4.78, 5) is 18.0. The summed E-state index contributed by atoms with van der Waals surface area (Å²) in [7, 11) is 0. The molecule has 8 nitrogen and oxygen atoms in total. The lowest BCUT2D eigenvalue weighted by Crippen LogP contribution is -2.09. The summed E-state index contributed by atoms with van der Waals surface area (Å²) in [5.74, 6) is 2.47. The minimum absolute atomic E-state index is 0.196. The molecule has 0 saturated heterocycles. The number of hydrogen-bond acceptors (Lipinski definition) is 8. The van der Waals surface area contributed by atoms with E-state index in [1.807, 2.05) is 37.3 Å². The molecular weight excluding hydrogens is 422 g/mol. The molecule has 0 amide bonds. The van der Waals surface area contributed by atoms with Gasteiger partial charge in [-0.15, -0.1) is 16.4 Å². The van der Waals surface area contributed by atoms with Gasteiger partial charge in [-0.1, -0.05) is 36.4 Å². The summed E-state index contributed by atoms with van der Waals surface area (Å²) in [5, 5.41) is 5.25. The Morgan fingerprint density at radius 3 is 2.62 bits per heavy atom. The third-order valence-electron chi connectivity index (χ3n) is 5.00. The number of ether oxygens (including phenoxy) is 1. The Labute approximate surface area is 188 Å². The molecule has 0 radical (unpaired) electrons. The number of thiazole rings is 1. The van der Waals surface area contributed by atoms with Gasteiger partial charge in [0.1, 0.15) is 23.3 Å². The predicted molar refractivity (Wildman–Crippen MR) is 124 cm³/mol. The highest BCUT2D eigenvalue weighted by atomic mass is 32.1. The molecule has 0 atom stereocenters. The highest BCUT2D eigenvalue weighted by molar-refractivity contribution is 7.18. The van der Waals surface area contributed by atoms with E-state index in [4.69, 9.17) is 10.5 Å². The Morgan fingerprint density at radius 2 is 1.78 bits per heavy atom. The minimum atomic E-state index is 0.196. The lowest BCUT2D eigenvalue weighted by Gasteiger charge is -2.10. The van der Waals surface area contributed by atoms with E-state index in [2.05, 4.69) is 50.2 Å². The van der Waals surface area contributed by atoms with Crippen molar-refractivity contribution < 1.29 is 4.74 Å². The van der Waals surface area contributed by atoms with Gasteiger partial charge in [-0.2, -0.15) is 14.6 Å². The van der Waals surface area contributed by atoms with Gasteiger partial charge in [0.25, 0.3) is 0 Å². The molecule has 0 saturated carbocycles. The maximum atomic E-state index is 5.95. The Balaban J connectivity index is 1.42. The molecule has 160 valence electrons. The van der Waals surface area contributed by atoms with Crippen LogP contribution in [0.2, 0.25) is 0 Å². The fourth-order valence-corrected chi connectivity index (χ4v) is 4.34. The van der Waals surface area contributed by atoms with Crippen molar-refractivity contribution in [3.05, 3.63) is 82.4 Å². The summed E-state index contributed by atoms with van der Waals surface area (Å²) >= 11 is 1.61. The van der Waals surface area contributed by atoms with Crippen molar-refractivity contribution in [2.75, 3.05) is 5.73 Å². The number of aryl methyl sites for hydroxylation is 2. The smallest absolute Gasteiger partial charge is 0.240 e. The highest BCUT2D eigenvalue weighted by Gasteiger charge is 2.15. The number of rotatable bonds is 6. The van der Waals surface area contributed by atoms with Crippen LogP contribution < -0.4 is 10.5 Å². The average molecular weight is 444 g/mol. The van der Waals surface area contributed by atoms with Crippen molar-refractivity contribution in [3.8, 4) is 11.7 Å². The number of anilines is 1. The Kier molecular flexibility index (Phi) is 5.24. The molecule has 32 heavy (non-hydrogen) atoms. The van der Waals surface area contributed by atoms with E-state index in [-0.39, 0.29) is 5.95 Å². The normalized spacial score (nSPS) is 11.2. The zero-order valence-electron chi connectivity index (χ0n) is 17.7. The van der Waals surface area contributed by atoms with Crippen LogP contribution in [0.4, 0.5) is 5.95 Å². The van der Waals surface area contributed by atoms with Crippen LogP contribution >= 0.6 is 11.3 Å². The molecule has 3 heterocycles. The first-order chi connectivity index (χ1) is 15.5. The third-order valence-corrected chi connectivity index (χ3v) is 6.01. The zero-order chi connectivity index (χ0) is 22.1. The molecule has 0 aliphatic rings. The minimum Gasteiger partial charge on any atom is -0.470 e. The van der Waals surface area contributed by atoms with Crippen LogP contribution in [-0.4, -0.2) is 29.7 Å². The standard InChI is InChI=1S/C23H21N7OS/c1-14-7-3-4-8-16(14)11-19-28-23(24)29-30(19)20-12-21(26-15(2)25-20)31-13-22-27-17-9-5-6-10-18(17)32-22/h3-10,12H,11,13H2,1-2H3,(H2,24,29). The Morgan fingerprint density at radius 1 is 0.969 bits per heavy atom. The van der Waals surface area contributed by atoms with Crippen LogP contribution in [0.3, 0.4) is 0 Å². The van der Waals surface area contributed by atoms with Crippen molar-refractivity contribution in [1.29, 1.82) is 0 Å². The van der Waals surface area contributed by atoms with E-state index in [1.165, 1.54) is 5.56 Å². The summed E-state index contributed by atoms with van der Waals surface area (Å²) in [6.45, 7) is 4.21. The third kappa shape index (κ3) is 4.15. The fraction of sp³-hybridized carbons (Fsp3) is 0.174. The van der Waals surface area contributed by atoms with Crippen LogP contribution in [-0.2, 0) is 13.0 Å². The lowest BCUT2D eigenvalue weighted by atomic mass is 10.1. The fourth-order valence-electron chi connectivity index (χ4n) is 3.46. The zero-order valence-corrected chi connectivity index (χ0v) is 18.5. The number of para-hydroxylation sites is 1. The topological polar surface area (TPSA) is 105 Å². The second kappa shape index (κ2) is 8.35. The second-order valence-corrected chi connectivity index (χ2v) is 8.49. The van der Waals surface area contributed by atoms with Crippen LogP contribution in [0, 0.1) is 13.8 Å². The van der Waals surface area contributed by atoms with Gasteiger partial charge in [0.2, 0.25) is 11.8 Å². The monoisotopic (exact) mass is 443 g/mol. The van der Waals surface area contributed by atoms with Gasteiger partial charge in [0.05, 0.1) is 10.2 Å². The average Bonchev–Trinajstić information content (AvgIpc) is 3.36. The largest absolute Gasteiger partial charge is 0.470 e. The van der Waals surface area contributed by atoms with Gasteiger partial charge in [-0.25, -0.2) is 9.97 Å². The Bertz CT molecular complexity index is 1380. The number of aromatic nitrogens is 6. The van der Waals surface area contributed by atoms with Gasteiger partial charge in [-0.05, 0) is 37.1 Å². The molecule has 9 heteroatoms. The molecule has 5 rings (SSSR count). The molecule has 0 bridgehead atoms. The summed E-state index contributed by atoms with van der Waals surface area (Å²) in [5.41, 5.74) is 9.23. The van der Waals surface area contributed by atoms with E-state index < -0.39 is 0 Å². The van der Waals surface area contributed by atoms with E-state index in [9.17, 15) is 0 Å². The quantitative estimate of drug-likeness (QED) is 0.422. The molecular formula is C23H21N7OS. The summed E-state index contributed by atoms with van der Waals surface area (Å²) in [6.07, 6.45) is 0.585. The maximum absolute atomic E-state index is 5.95. The van der Waals surface area contributed by atoms with E-state index in [0.29, 0.717) is 36.4 Å². The highest BCUT2D eigenvalue weighted by Crippen LogP contribution is 2.23. The molecule has 0 fully saturated rings. The first-order valence-electron chi connectivity index (χ1n) is 10.1.